The molecule has 3 aromatic rings. The minimum atomic E-state index is -5.74. The van der Waals surface area contributed by atoms with Crippen molar-refractivity contribution >= 4 is 26.6 Å². The monoisotopic (exact) mass is 446 g/mol. The highest BCUT2D eigenvalue weighted by molar-refractivity contribution is 7.87. The zero-order valence-corrected chi connectivity index (χ0v) is 17.6. The van der Waals surface area contributed by atoms with Crippen molar-refractivity contribution in [2.24, 2.45) is 5.92 Å². The van der Waals surface area contributed by atoms with Crippen LogP contribution in [0.4, 0.5) is 13.2 Å². The fourth-order valence-corrected chi connectivity index (χ4v) is 4.71. The molecule has 0 N–H and O–H groups in total. The molecule has 3 aromatic carbocycles. The highest BCUT2D eigenvalue weighted by Gasteiger charge is 2.49. The molecule has 0 radical (unpaired) electrons. The lowest BCUT2D eigenvalue weighted by Gasteiger charge is -2.26. The van der Waals surface area contributed by atoms with E-state index >= 15 is 0 Å². The fraction of sp³-hybridized carbons (Fsp3) is 0.250. The highest BCUT2D eigenvalue weighted by atomic mass is 32.2. The van der Waals surface area contributed by atoms with Crippen molar-refractivity contribution in [2.45, 2.75) is 31.2 Å². The van der Waals surface area contributed by atoms with E-state index in [4.69, 9.17) is 0 Å². The number of fused-ring (bicyclic) bond motifs is 2. The lowest BCUT2D eigenvalue weighted by atomic mass is 9.81. The first-order valence-electron chi connectivity index (χ1n) is 9.94. The van der Waals surface area contributed by atoms with E-state index in [1.807, 2.05) is 30.3 Å². The molecule has 0 bridgehead atoms. The molecule has 2 atom stereocenters. The summed E-state index contributed by atoms with van der Waals surface area (Å²) in [5.74, 6) is -0.310. The van der Waals surface area contributed by atoms with E-state index in [1.54, 1.807) is 24.3 Å². The van der Waals surface area contributed by atoms with Gasteiger partial charge in [0.1, 0.15) is 5.76 Å². The van der Waals surface area contributed by atoms with Crippen molar-refractivity contribution < 1.29 is 25.8 Å². The second kappa shape index (κ2) is 8.04. The number of allylic oxidation sites excluding steroid dienone is 1. The van der Waals surface area contributed by atoms with Crippen LogP contribution in [0.25, 0.3) is 16.5 Å². The molecule has 162 valence electrons. The smallest absolute Gasteiger partial charge is 0.376 e. The topological polar surface area (TPSA) is 43.4 Å². The van der Waals surface area contributed by atoms with Crippen molar-refractivity contribution in [2.75, 3.05) is 0 Å². The molecule has 31 heavy (non-hydrogen) atoms. The van der Waals surface area contributed by atoms with Crippen molar-refractivity contribution in [3.8, 4) is 0 Å². The SMILES string of the molecule is C[C@@H](CC1C=C(OS(=O)(=O)C(F)(F)F)c2ccccc2C1)c1cccc2ccccc12. The second-order valence-electron chi connectivity index (χ2n) is 7.84. The summed E-state index contributed by atoms with van der Waals surface area (Å²) in [6.07, 6.45) is 2.76. The molecule has 1 unspecified atom stereocenters. The first-order valence-corrected chi connectivity index (χ1v) is 11.3. The first kappa shape index (κ1) is 21.4. The van der Waals surface area contributed by atoms with Crippen LogP contribution in [0.15, 0.2) is 72.8 Å². The number of alkyl halides is 3. The Balaban J connectivity index is 1.66. The van der Waals surface area contributed by atoms with Gasteiger partial charge in [0.25, 0.3) is 0 Å². The highest BCUT2D eigenvalue weighted by Crippen LogP contribution is 2.39. The van der Waals surface area contributed by atoms with Gasteiger partial charge in [0.05, 0.1) is 0 Å². The lowest BCUT2D eigenvalue weighted by molar-refractivity contribution is -0.0509. The van der Waals surface area contributed by atoms with Crippen LogP contribution in [0.1, 0.15) is 36.0 Å². The molecule has 1 aliphatic carbocycles. The van der Waals surface area contributed by atoms with Crippen LogP contribution in [0.3, 0.4) is 0 Å². The van der Waals surface area contributed by atoms with Gasteiger partial charge in [-0.1, -0.05) is 73.7 Å². The van der Waals surface area contributed by atoms with Crippen LogP contribution in [-0.2, 0) is 20.7 Å². The maximum Gasteiger partial charge on any atom is 0.534 e. The van der Waals surface area contributed by atoms with E-state index in [0.717, 1.165) is 21.9 Å². The fourth-order valence-electron chi connectivity index (χ4n) is 4.23. The van der Waals surface area contributed by atoms with Gasteiger partial charge in [0, 0.05) is 5.56 Å². The van der Waals surface area contributed by atoms with Gasteiger partial charge in [-0.2, -0.15) is 21.6 Å². The van der Waals surface area contributed by atoms with Crippen molar-refractivity contribution in [3.05, 3.63) is 89.5 Å². The standard InChI is InChI=1S/C24H21F3O3S/c1-16(20-12-6-9-18-7-2-4-10-21(18)20)13-17-14-19-8-3-5-11-22(19)23(15-17)30-31(28,29)24(25,26)27/h2-12,15-17H,13-14H2,1H3/t16-,17?/m0/s1. The Bertz CT molecular complexity index is 1240. The molecule has 7 heteroatoms. The summed E-state index contributed by atoms with van der Waals surface area (Å²) in [7, 11) is -5.74. The van der Waals surface area contributed by atoms with E-state index in [9.17, 15) is 21.6 Å². The second-order valence-corrected chi connectivity index (χ2v) is 9.38. The molecule has 3 nitrogen and oxygen atoms in total. The van der Waals surface area contributed by atoms with Gasteiger partial charge < -0.3 is 4.18 Å². The Labute approximate surface area is 179 Å². The summed E-state index contributed by atoms with van der Waals surface area (Å²) >= 11 is 0. The van der Waals surface area contributed by atoms with Crippen LogP contribution < -0.4 is 0 Å². The Morgan fingerprint density at radius 3 is 2.45 bits per heavy atom. The molecule has 4 rings (SSSR count). The van der Waals surface area contributed by atoms with Crippen molar-refractivity contribution in [3.63, 3.8) is 0 Å². The zero-order chi connectivity index (χ0) is 22.2. The molecule has 0 saturated carbocycles. The third-order valence-corrected chi connectivity index (χ3v) is 6.61. The van der Waals surface area contributed by atoms with Crippen LogP contribution in [0.5, 0.6) is 0 Å². The Morgan fingerprint density at radius 1 is 1.00 bits per heavy atom. The van der Waals surface area contributed by atoms with Crippen LogP contribution in [0.2, 0.25) is 0 Å². The molecule has 0 saturated heterocycles. The molecule has 0 aromatic heterocycles. The van der Waals surface area contributed by atoms with Gasteiger partial charge in [-0.05, 0) is 52.7 Å². The van der Waals surface area contributed by atoms with Gasteiger partial charge in [-0.3, -0.25) is 0 Å². The Hall–Kier alpha value is -2.80. The van der Waals surface area contributed by atoms with Crippen molar-refractivity contribution in [1.82, 2.24) is 0 Å². The molecular formula is C24H21F3O3S. The normalized spacial score (nSPS) is 17.7. The number of benzene rings is 3. The number of halogens is 3. The predicted molar refractivity (Wildman–Crippen MR) is 115 cm³/mol. The number of rotatable bonds is 5. The maximum atomic E-state index is 12.9. The van der Waals surface area contributed by atoms with Crippen LogP contribution >= 0.6 is 0 Å². The third kappa shape index (κ3) is 4.32. The molecule has 0 amide bonds. The summed E-state index contributed by atoms with van der Waals surface area (Å²) < 4.78 is 66.5. The van der Waals surface area contributed by atoms with Crippen LogP contribution in [0, 0.1) is 5.92 Å². The Morgan fingerprint density at radius 2 is 1.68 bits per heavy atom. The molecular weight excluding hydrogens is 425 g/mol. The van der Waals surface area contributed by atoms with Gasteiger partial charge in [-0.15, -0.1) is 0 Å². The number of hydrogen-bond donors (Lipinski definition) is 0. The van der Waals surface area contributed by atoms with E-state index in [1.165, 1.54) is 6.08 Å². The lowest BCUT2D eigenvalue weighted by Crippen LogP contribution is -2.26. The molecule has 0 fully saturated rings. The molecule has 0 spiro atoms. The maximum absolute atomic E-state index is 12.9. The predicted octanol–water partition coefficient (Wildman–Crippen LogP) is 6.41. The first-order chi connectivity index (χ1) is 14.7. The summed E-state index contributed by atoms with van der Waals surface area (Å²) in [5.41, 5.74) is -3.18. The minimum Gasteiger partial charge on any atom is -0.376 e. The summed E-state index contributed by atoms with van der Waals surface area (Å²) in [6.45, 7) is 2.07. The average Bonchev–Trinajstić information content (AvgIpc) is 2.72. The van der Waals surface area contributed by atoms with Crippen LogP contribution in [-0.4, -0.2) is 13.9 Å². The quantitative estimate of drug-likeness (QED) is 0.336. The van der Waals surface area contributed by atoms with Gasteiger partial charge in [0.2, 0.25) is 0 Å². The van der Waals surface area contributed by atoms with E-state index < -0.39 is 15.6 Å². The summed E-state index contributed by atoms with van der Waals surface area (Å²) in [6, 6.07) is 20.9. The third-order valence-electron chi connectivity index (χ3n) is 5.65. The van der Waals surface area contributed by atoms with Gasteiger partial charge in [-0.25, -0.2) is 0 Å². The molecule has 0 aliphatic heterocycles. The van der Waals surface area contributed by atoms with E-state index in [0.29, 0.717) is 18.4 Å². The van der Waals surface area contributed by atoms with E-state index in [-0.39, 0.29) is 17.6 Å². The largest absolute Gasteiger partial charge is 0.534 e. The summed E-state index contributed by atoms with van der Waals surface area (Å²) in [5, 5.41) is 2.26. The number of hydrogen-bond acceptors (Lipinski definition) is 3. The molecule has 0 heterocycles. The van der Waals surface area contributed by atoms with E-state index in [2.05, 4.69) is 23.2 Å². The average molecular weight is 446 g/mol. The Kier molecular flexibility index (Phi) is 5.56. The summed E-state index contributed by atoms with van der Waals surface area (Å²) in [4.78, 5) is 0. The van der Waals surface area contributed by atoms with Gasteiger partial charge in [0.15, 0.2) is 0 Å². The van der Waals surface area contributed by atoms with Crippen molar-refractivity contribution in [1.29, 1.82) is 0 Å². The molecule has 1 aliphatic rings. The zero-order valence-electron chi connectivity index (χ0n) is 16.8. The van der Waals surface area contributed by atoms with Gasteiger partial charge >= 0.3 is 15.6 Å². The minimum absolute atomic E-state index is 0.109.